The van der Waals surface area contributed by atoms with Crippen LogP contribution < -0.4 is 0 Å². The molecule has 2 aromatic rings. The lowest BCUT2D eigenvalue weighted by Gasteiger charge is -2.02. The Balaban J connectivity index is 2.57. The summed E-state index contributed by atoms with van der Waals surface area (Å²) in [4.78, 5) is 9.81. The number of hydrogen-bond acceptors (Lipinski definition) is 4. The summed E-state index contributed by atoms with van der Waals surface area (Å²) in [5.41, 5.74) is -0.150. The molecule has 0 unspecified atom stereocenters. The number of rotatable bonds is 4. The highest BCUT2D eigenvalue weighted by atomic mass is 32.2. The van der Waals surface area contributed by atoms with Gasteiger partial charge in [-0.05, 0) is 6.07 Å². The quantitative estimate of drug-likeness (QED) is 0.375. The Morgan fingerprint density at radius 3 is 2.10 bits per heavy atom. The van der Waals surface area contributed by atoms with Crippen LogP contribution in [0.1, 0.15) is 0 Å². The first kappa shape index (κ1) is 13.9. The smallest absolute Gasteiger partial charge is 0.258 e. The first-order valence-corrected chi connectivity index (χ1v) is 7.03. The maximum atomic E-state index is 12.4. The zero-order valence-corrected chi connectivity index (χ0v) is 11.2. The van der Waals surface area contributed by atoms with Gasteiger partial charge in [-0.2, -0.15) is 8.42 Å². The number of sulfonamides is 1. The van der Waals surface area contributed by atoms with E-state index in [2.05, 4.69) is 6.72 Å². The molecule has 0 heterocycles. The van der Waals surface area contributed by atoms with Crippen molar-refractivity contribution < 1.29 is 17.3 Å². The minimum Gasteiger partial charge on any atom is -0.258 e. The molecule has 0 fully saturated rings. The third-order valence-corrected chi connectivity index (χ3v) is 4.37. The molecule has 0 radical (unpaired) electrons. The molecule has 6 nitrogen and oxygen atoms in total. The second-order valence-corrected chi connectivity index (χ2v) is 5.74. The summed E-state index contributed by atoms with van der Waals surface area (Å²) in [6, 6.07) is 13.3. The van der Waals surface area contributed by atoms with Crippen molar-refractivity contribution in [2.45, 2.75) is 4.90 Å². The van der Waals surface area contributed by atoms with E-state index in [0.717, 1.165) is 10.0 Å². The third-order valence-electron chi connectivity index (χ3n) is 2.67. The van der Waals surface area contributed by atoms with Gasteiger partial charge < -0.3 is 0 Å². The zero-order chi connectivity index (χ0) is 14.8. The summed E-state index contributed by atoms with van der Waals surface area (Å²) in [6.07, 6.45) is 0. The van der Waals surface area contributed by atoms with E-state index in [4.69, 9.17) is 0 Å². The van der Waals surface area contributed by atoms with Crippen molar-refractivity contribution in [1.82, 2.24) is 0 Å². The summed E-state index contributed by atoms with van der Waals surface area (Å²) >= 11 is 0. The van der Waals surface area contributed by atoms with E-state index in [1.54, 1.807) is 30.3 Å². The van der Waals surface area contributed by atoms with Crippen LogP contribution in [0.3, 0.4) is 0 Å². The SMILES string of the molecule is C=[N+](c1ccccc1)S(=O)(=O)c1ccccc1[N+](=O)[O-]. The fourth-order valence-corrected chi connectivity index (χ4v) is 2.97. The van der Waals surface area contributed by atoms with Crippen LogP contribution in [-0.2, 0) is 10.0 Å². The second kappa shape index (κ2) is 5.22. The normalized spacial score (nSPS) is 11.0. The van der Waals surface area contributed by atoms with Crippen molar-refractivity contribution in [2.24, 2.45) is 0 Å². The Kier molecular flexibility index (Phi) is 3.62. The zero-order valence-electron chi connectivity index (χ0n) is 10.3. The van der Waals surface area contributed by atoms with E-state index in [9.17, 15) is 18.5 Å². The predicted molar refractivity (Wildman–Crippen MR) is 73.8 cm³/mol. The maximum Gasteiger partial charge on any atom is 0.406 e. The van der Waals surface area contributed by atoms with Crippen LogP contribution >= 0.6 is 0 Å². The van der Waals surface area contributed by atoms with E-state index in [1.807, 2.05) is 0 Å². The molecular formula is C13H11N2O4S+. The van der Waals surface area contributed by atoms with Gasteiger partial charge in [-0.15, -0.1) is 0 Å². The lowest BCUT2D eigenvalue weighted by molar-refractivity contribution is -0.388. The molecule has 2 aromatic carbocycles. The first-order chi connectivity index (χ1) is 9.44. The summed E-state index contributed by atoms with van der Waals surface area (Å²) in [7, 11) is -4.09. The Hall–Kier alpha value is -2.54. The molecule has 2 rings (SSSR count). The molecule has 0 spiro atoms. The molecule has 20 heavy (non-hydrogen) atoms. The number of benzene rings is 2. The second-order valence-electron chi connectivity index (χ2n) is 3.91. The van der Waals surface area contributed by atoms with Gasteiger partial charge in [0.05, 0.1) is 4.92 Å². The van der Waals surface area contributed by atoms with Gasteiger partial charge in [-0.1, -0.05) is 34.3 Å². The van der Waals surface area contributed by atoms with Gasteiger partial charge in [0, 0.05) is 18.2 Å². The molecule has 102 valence electrons. The van der Waals surface area contributed by atoms with Gasteiger partial charge in [0.2, 0.25) is 10.6 Å². The number of hydrogen-bond donors (Lipinski definition) is 0. The Bertz CT molecular complexity index is 770. The maximum absolute atomic E-state index is 12.4. The van der Waals surface area contributed by atoms with E-state index < -0.39 is 20.6 Å². The molecule has 0 saturated carbocycles. The van der Waals surface area contributed by atoms with E-state index in [1.165, 1.54) is 18.2 Å². The van der Waals surface area contributed by atoms with Crippen molar-refractivity contribution in [1.29, 1.82) is 0 Å². The van der Waals surface area contributed by atoms with Crippen LogP contribution in [0.4, 0.5) is 11.4 Å². The molecule has 0 aliphatic carbocycles. The van der Waals surface area contributed by atoms with Crippen LogP contribution in [-0.4, -0.2) is 24.0 Å². The Morgan fingerprint density at radius 2 is 1.50 bits per heavy atom. The van der Waals surface area contributed by atoms with Gasteiger partial charge in [0.1, 0.15) is 0 Å². The van der Waals surface area contributed by atoms with Crippen LogP contribution in [0.2, 0.25) is 0 Å². The monoisotopic (exact) mass is 291 g/mol. The van der Waals surface area contributed by atoms with Gasteiger partial charge in [0.15, 0.2) is 6.72 Å². The molecule has 0 aromatic heterocycles. The van der Waals surface area contributed by atoms with Crippen molar-refractivity contribution >= 4 is 28.1 Å². The average molecular weight is 291 g/mol. The van der Waals surface area contributed by atoms with Gasteiger partial charge in [-0.25, -0.2) is 0 Å². The van der Waals surface area contributed by atoms with Crippen LogP contribution in [0, 0.1) is 10.1 Å². The van der Waals surface area contributed by atoms with E-state index in [-0.39, 0.29) is 4.90 Å². The molecule has 0 N–H and O–H groups in total. The molecular weight excluding hydrogens is 280 g/mol. The summed E-state index contributed by atoms with van der Waals surface area (Å²) in [5.74, 6) is 0. The van der Waals surface area contributed by atoms with Crippen LogP contribution in [0.25, 0.3) is 0 Å². The summed E-state index contributed by atoms with van der Waals surface area (Å²) in [5, 5.41) is 10.9. The minimum absolute atomic E-state index is 0.325. The molecule has 0 atom stereocenters. The van der Waals surface area contributed by atoms with Crippen LogP contribution in [0.5, 0.6) is 0 Å². The lowest BCUT2D eigenvalue weighted by atomic mass is 10.3. The van der Waals surface area contributed by atoms with Crippen molar-refractivity contribution in [2.75, 3.05) is 0 Å². The standard InChI is InChI=1S/C13H11N2O4S/c1-14(11-7-3-2-4-8-11)20(18,19)13-10-6-5-9-12(13)15(16)17/h2-10H,1H2/q+1. The van der Waals surface area contributed by atoms with Gasteiger partial charge >= 0.3 is 10.0 Å². The highest BCUT2D eigenvalue weighted by Crippen LogP contribution is 2.27. The van der Waals surface area contributed by atoms with E-state index in [0.29, 0.717) is 5.69 Å². The topological polar surface area (TPSA) is 80.3 Å². The Labute approximate surface area is 115 Å². The predicted octanol–water partition coefficient (Wildman–Crippen LogP) is 2.33. The highest BCUT2D eigenvalue weighted by Gasteiger charge is 2.34. The van der Waals surface area contributed by atoms with Crippen molar-refractivity contribution in [3.63, 3.8) is 0 Å². The minimum atomic E-state index is -4.09. The fourth-order valence-electron chi connectivity index (χ4n) is 1.68. The Morgan fingerprint density at radius 1 is 0.950 bits per heavy atom. The summed E-state index contributed by atoms with van der Waals surface area (Å²) < 4.78 is 25.6. The van der Waals surface area contributed by atoms with Crippen molar-refractivity contribution in [3.05, 3.63) is 64.7 Å². The molecule has 0 saturated heterocycles. The first-order valence-electron chi connectivity index (χ1n) is 5.59. The highest BCUT2D eigenvalue weighted by molar-refractivity contribution is 7.85. The average Bonchev–Trinajstić information content (AvgIpc) is 2.47. The van der Waals surface area contributed by atoms with Crippen molar-refractivity contribution in [3.8, 4) is 0 Å². The molecule has 7 heteroatoms. The largest absolute Gasteiger partial charge is 0.406 e. The molecule has 0 aliphatic rings. The third kappa shape index (κ3) is 2.43. The number of nitro benzene ring substituents is 1. The molecule has 0 bridgehead atoms. The lowest BCUT2D eigenvalue weighted by Crippen LogP contribution is -2.16. The van der Waals surface area contributed by atoms with Gasteiger partial charge in [0.25, 0.3) is 5.69 Å². The summed E-state index contributed by atoms with van der Waals surface area (Å²) in [6.45, 7) is 3.48. The fraction of sp³-hybridized carbons (Fsp3) is 0. The number of nitro groups is 1. The van der Waals surface area contributed by atoms with Crippen LogP contribution in [0.15, 0.2) is 59.5 Å². The number of para-hydroxylation sites is 2. The van der Waals surface area contributed by atoms with E-state index >= 15 is 0 Å². The molecule has 0 aliphatic heterocycles. The molecule has 0 amide bonds. The number of nitrogens with zero attached hydrogens (tertiary/aromatic N) is 2. The van der Waals surface area contributed by atoms with Gasteiger partial charge in [-0.3, -0.25) is 10.1 Å².